The van der Waals surface area contributed by atoms with E-state index in [4.69, 9.17) is 0 Å². The second-order valence-electron chi connectivity index (χ2n) is 5.32. The predicted octanol–water partition coefficient (Wildman–Crippen LogP) is 2.75. The molecule has 1 unspecified atom stereocenters. The molecule has 0 radical (unpaired) electrons. The van der Waals surface area contributed by atoms with Gasteiger partial charge in [0.05, 0.1) is 12.0 Å². The van der Waals surface area contributed by atoms with Gasteiger partial charge in [0.15, 0.2) is 5.82 Å². The summed E-state index contributed by atoms with van der Waals surface area (Å²) in [7, 11) is 0. The highest BCUT2D eigenvalue weighted by Gasteiger charge is 2.33. The first kappa shape index (κ1) is 15.9. The second kappa shape index (κ2) is 6.08. The SMILES string of the molecule is CCC(C)(Cn1nnnc1-c1cccc(C)c1I)C(=O)O. The topological polar surface area (TPSA) is 80.9 Å². The fourth-order valence-electron chi connectivity index (χ4n) is 1.99. The van der Waals surface area contributed by atoms with Gasteiger partial charge in [-0.05, 0) is 58.8 Å². The summed E-state index contributed by atoms with van der Waals surface area (Å²) in [5.74, 6) is -0.241. The number of aliphatic carboxylic acids is 1. The number of tetrazole rings is 1. The average Bonchev–Trinajstić information content (AvgIpc) is 2.89. The van der Waals surface area contributed by atoms with E-state index in [1.165, 1.54) is 0 Å². The Hall–Kier alpha value is -1.51. The minimum atomic E-state index is -0.889. The van der Waals surface area contributed by atoms with Crippen molar-refractivity contribution >= 4 is 28.6 Å². The van der Waals surface area contributed by atoms with Gasteiger partial charge in [-0.1, -0.05) is 25.1 Å². The van der Waals surface area contributed by atoms with Crippen LogP contribution in [-0.2, 0) is 11.3 Å². The maximum atomic E-state index is 11.5. The Morgan fingerprint density at radius 3 is 2.81 bits per heavy atom. The zero-order valence-corrected chi connectivity index (χ0v) is 14.3. The van der Waals surface area contributed by atoms with Gasteiger partial charge >= 0.3 is 5.97 Å². The van der Waals surface area contributed by atoms with Gasteiger partial charge in [-0.25, -0.2) is 4.68 Å². The van der Waals surface area contributed by atoms with Crippen LogP contribution in [0.1, 0.15) is 25.8 Å². The van der Waals surface area contributed by atoms with E-state index in [1.54, 1.807) is 11.6 Å². The van der Waals surface area contributed by atoms with Crippen LogP contribution in [0.3, 0.4) is 0 Å². The molecule has 0 saturated heterocycles. The summed E-state index contributed by atoms with van der Waals surface area (Å²) in [5, 5.41) is 21.2. The van der Waals surface area contributed by atoms with Crippen molar-refractivity contribution in [1.82, 2.24) is 20.2 Å². The highest BCUT2D eigenvalue weighted by Crippen LogP contribution is 2.29. The third-order valence-electron chi connectivity index (χ3n) is 3.76. The standard InChI is InChI=1S/C14H17IN4O2/c1-4-14(3,13(20)21)8-19-12(16-17-18-19)10-7-5-6-9(2)11(10)15/h5-7H,4,8H2,1-3H3,(H,20,21). The Morgan fingerprint density at radius 2 is 2.19 bits per heavy atom. The Labute approximate surface area is 136 Å². The van der Waals surface area contributed by atoms with Crippen LogP contribution in [0.15, 0.2) is 18.2 Å². The lowest BCUT2D eigenvalue weighted by Gasteiger charge is -2.23. The van der Waals surface area contributed by atoms with E-state index >= 15 is 0 Å². The maximum Gasteiger partial charge on any atom is 0.311 e. The number of aromatic nitrogens is 4. The van der Waals surface area contributed by atoms with Crippen LogP contribution in [0, 0.1) is 15.9 Å². The molecule has 21 heavy (non-hydrogen) atoms. The molecule has 2 aromatic rings. The molecule has 1 atom stereocenters. The molecule has 1 aromatic carbocycles. The van der Waals surface area contributed by atoms with Crippen molar-refractivity contribution in [2.75, 3.05) is 0 Å². The Balaban J connectivity index is 2.44. The average molecular weight is 400 g/mol. The summed E-state index contributed by atoms with van der Waals surface area (Å²) in [5.41, 5.74) is 1.17. The van der Waals surface area contributed by atoms with E-state index in [2.05, 4.69) is 38.1 Å². The van der Waals surface area contributed by atoms with Crippen LogP contribution in [0.4, 0.5) is 0 Å². The Kier molecular flexibility index (Phi) is 4.60. The van der Waals surface area contributed by atoms with Crippen molar-refractivity contribution in [2.45, 2.75) is 33.7 Å². The summed E-state index contributed by atoms with van der Waals surface area (Å²) in [6.07, 6.45) is 0.506. The van der Waals surface area contributed by atoms with E-state index in [0.29, 0.717) is 12.2 Å². The van der Waals surface area contributed by atoms with Gasteiger partial charge in [-0.2, -0.15) is 0 Å². The second-order valence-corrected chi connectivity index (χ2v) is 6.39. The molecule has 2 rings (SSSR count). The van der Waals surface area contributed by atoms with Gasteiger partial charge < -0.3 is 5.11 Å². The van der Waals surface area contributed by atoms with Crippen molar-refractivity contribution in [2.24, 2.45) is 5.41 Å². The molecular weight excluding hydrogens is 383 g/mol. The molecule has 0 aliphatic rings. The van der Waals surface area contributed by atoms with Crippen LogP contribution in [0.2, 0.25) is 0 Å². The molecule has 0 fully saturated rings. The lowest BCUT2D eigenvalue weighted by molar-refractivity contribution is -0.149. The van der Waals surface area contributed by atoms with Crippen LogP contribution in [-0.4, -0.2) is 31.3 Å². The van der Waals surface area contributed by atoms with Crippen molar-refractivity contribution in [3.8, 4) is 11.4 Å². The molecule has 0 aliphatic carbocycles. The molecule has 6 nitrogen and oxygen atoms in total. The van der Waals surface area contributed by atoms with Crippen molar-refractivity contribution < 1.29 is 9.90 Å². The van der Waals surface area contributed by atoms with Crippen LogP contribution >= 0.6 is 22.6 Å². The minimum Gasteiger partial charge on any atom is -0.481 e. The van der Waals surface area contributed by atoms with Gasteiger partial charge in [-0.15, -0.1) is 5.10 Å². The molecule has 0 aliphatic heterocycles. The number of carboxylic acid groups (broad SMARTS) is 1. The first-order valence-corrected chi connectivity index (χ1v) is 7.72. The van der Waals surface area contributed by atoms with E-state index < -0.39 is 11.4 Å². The van der Waals surface area contributed by atoms with Gasteiger partial charge in [0.25, 0.3) is 0 Å². The number of rotatable bonds is 5. The monoisotopic (exact) mass is 400 g/mol. The third-order valence-corrected chi connectivity index (χ3v) is 5.19. The zero-order valence-electron chi connectivity index (χ0n) is 12.2. The molecule has 0 spiro atoms. The molecule has 0 saturated carbocycles. The van der Waals surface area contributed by atoms with Crippen LogP contribution < -0.4 is 0 Å². The molecule has 112 valence electrons. The lowest BCUT2D eigenvalue weighted by atomic mass is 9.88. The van der Waals surface area contributed by atoms with Gasteiger partial charge in [0.2, 0.25) is 0 Å². The number of benzene rings is 1. The summed E-state index contributed by atoms with van der Waals surface area (Å²) in [6, 6.07) is 5.91. The van der Waals surface area contributed by atoms with Crippen LogP contribution in [0.25, 0.3) is 11.4 Å². The minimum absolute atomic E-state index is 0.241. The van der Waals surface area contributed by atoms with Gasteiger partial charge in [0, 0.05) is 9.13 Å². The molecule has 1 N–H and O–H groups in total. The summed E-state index contributed by atoms with van der Waals surface area (Å²) >= 11 is 2.26. The van der Waals surface area contributed by atoms with Crippen molar-refractivity contribution in [1.29, 1.82) is 0 Å². The smallest absolute Gasteiger partial charge is 0.311 e. The molecular formula is C14H17IN4O2. The van der Waals surface area contributed by atoms with Crippen molar-refractivity contribution in [3.05, 3.63) is 27.3 Å². The Bertz CT molecular complexity index is 671. The fourth-order valence-corrected chi connectivity index (χ4v) is 2.59. The van der Waals surface area contributed by atoms with Crippen LogP contribution in [0.5, 0.6) is 0 Å². The number of hydrogen-bond acceptors (Lipinski definition) is 4. The normalized spacial score (nSPS) is 13.9. The Morgan fingerprint density at radius 1 is 1.48 bits per heavy atom. The highest BCUT2D eigenvalue weighted by molar-refractivity contribution is 14.1. The van der Waals surface area contributed by atoms with Crippen molar-refractivity contribution in [3.63, 3.8) is 0 Å². The molecule has 0 amide bonds. The number of carbonyl (C=O) groups is 1. The predicted molar refractivity (Wildman–Crippen MR) is 86.7 cm³/mol. The lowest BCUT2D eigenvalue weighted by Crippen LogP contribution is -2.32. The quantitative estimate of drug-likeness (QED) is 0.781. The summed E-state index contributed by atoms with van der Waals surface area (Å²) in [4.78, 5) is 11.5. The molecule has 1 heterocycles. The largest absolute Gasteiger partial charge is 0.481 e. The van der Waals surface area contributed by atoms with Gasteiger partial charge in [0.1, 0.15) is 0 Å². The summed E-state index contributed by atoms with van der Waals surface area (Å²) < 4.78 is 2.65. The first-order chi connectivity index (χ1) is 9.89. The van der Waals surface area contributed by atoms with E-state index in [1.807, 2.05) is 32.0 Å². The van der Waals surface area contributed by atoms with Gasteiger partial charge in [-0.3, -0.25) is 4.79 Å². The molecule has 7 heteroatoms. The number of aryl methyl sites for hydroxylation is 1. The third kappa shape index (κ3) is 3.07. The number of hydrogen-bond donors (Lipinski definition) is 1. The maximum absolute atomic E-state index is 11.5. The highest BCUT2D eigenvalue weighted by atomic mass is 127. The number of carboxylic acids is 1. The number of nitrogens with zero attached hydrogens (tertiary/aromatic N) is 4. The van der Waals surface area contributed by atoms with E-state index in [-0.39, 0.29) is 6.54 Å². The molecule has 0 bridgehead atoms. The zero-order chi connectivity index (χ0) is 15.6. The van der Waals surface area contributed by atoms with E-state index in [0.717, 1.165) is 14.7 Å². The van der Waals surface area contributed by atoms with E-state index in [9.17, 15) is 9.90 Å². The first-order valence-electron chi connectivity index (χ1n) is 6.64. The summed E-state index contributed by atoms with van der Waals surface area (Å²) in [6.45, 7) is 5.83. The molecule has 1 aromatic heterocycles. The fraction of sp³-hybridized carbons (Fsp3) is 0.429. The number of halogens is 1.